The van der Waals surface area contributed by atoms with E-state index >= 15 is 0 Å². The van der Waals surface area contributed by atoms with E-state index in [1.54, 1.807) is 0 Å². The summed E-state index contributed by atoms with van der Waals surface area (Å²) in [6.07, 6.45) is 5.58. The van der Waals surface area contributed by atoms with E-state index < -0.39 is 0 Å². The Balaban J connectivity index is 1.94. The molecule has 0 amide bonds. The highest BCUT2D eigenvalue weighted by molar-refractivity contribution is 4.92. The number of hydrogen-bond donors (Lipinski definition) is 1. The SMILES string of the molecule is CC1C(CN)CCCN1C1CC1. The van der Waals surface area contributed by atoms with Crippen LogP contribution in [0.1, 0.15) is 32.6 Å². The Morgan fingerprint density at radius 1 is 1.33 bits per heavy atom. The van der Waals surface area contributed by atoms with Gasteiger partial charge in [-0.25, -0.2) is 0 Å². The van der Waals surface area contributed by atoms with Crippen LogP contribution in [-0.2, 0) is 0 Å². The smallest absolute Gasteiger partial charge is 0.0110 e. The second-order valence-corrected chi connectivity index (χ2v) is 4.35. The van der Waals surface area contributed by atoms with E-state index in [0.29, 0.717) is 0 Å². The second-order valence-electron chi connectivity index (χ2n) is 4.35. The Bertz CT molecular complexity index is 154. The van der Waals surface area contributed by atoms with E-state index in [1.807, 2.05) is 0 Å². The van der Waals surface area contributed by atoms with Crippen LogP contribution in [0, 0.1) is 5.92 Å². The van der Waals surface area contributed by atoms with E-state index in [0.717, 1.165) is 24.5 Å². The van der Waals surface area contributed by atoms with Crippen LogP contribution in [0.3, 0.4) is 0 Å². The molecule has 0 bridgehead atoms. The van der Waals surface area contributed by atoms with Gasteiger partial charge < -0.3 is 5.73 Å². The van der Waals surface area contributed by atoms with Crippen molar-refractivity contribution in [1.82, 2.24) is 4.90 Å². The van der Waals surface area contributed by atoms with Crippen LogP contribution >= 0.6 is 0 Å². The summed E-state index contributed by atoms with van der Waals surface area (Å²) in [6.45, 7) is 4.56. The van der Waals surface area contributed by atoms with Gasteiger partial charge in [-0.1, -0.05) is 0 Å². The third-order valence-corrected chi connectivity index (χ3v) is 3.52. The van der Waals surface area contributed by atoms with Gasteiger partial charge in [-0.2, -0.15) is 0 Å². The summed E-state index contributed by atoms with van der Waals surface area (Å²) >= 11 is 0. The summed E-state index contributed by atoms with van der Waals surface area (Å²) in [4.78, 5) is 2.68. The number of likely N-dealkylation sites (tertiary alicyclic amines) is 1. The summed E-state index contributed by atoms with van der Waals surface area (Å²) < 4.78 is 0. The zero-order chi connectivity index (χ0) is 8.55. The van der Waals surface area contributed by atoms with E-state index in [1.165, 1.54) is 32.2 Å². The van der Waals surface area contributed by atoms with Crippen molar-refractivity contribution in [2.24, 2.45) is 11.7 Å². The van der Waals surface area contributed by atoms with Crippen LogP contribution in [-0.4, -0.2) is 30.1 Å². The molecule has 0 aromatic rings. The van der Waals surface area contributed by atoms with E-state index in [2.05, 4.69) is 11.8 Å². The fourth-order valence-electron chi connectivity index (χ4n) is 2.49. The molecule has 2 N–H and O–H groups in total. The number of nitrogens with two attached hydrogens (primary N) is 1. The molecular weight excluding hydrogens is 148 g/mol. The van der Waals surface area contributed by atoms with Gasteiger partial charge in [0.15, 0.2) is 0 Å². The quantitative estimate of drug-likeness (QED) is 0.671. The first-order valence-electron chi connectivity index (χ1n) is 5.28. The van der Waals surface area contributed by atoms with Crippen molar-refractivity contribution >= 4 is 0 Å². The van der Waals surface area contributed by atoms with Crippen molar-refractivity contribution in [2.75, 3.05) is 13.1 Å². The molecule has 0 aromatic carbocycles. The second kappa shape index (κ2) is 3.35. The van der Waals surface area contributed by atoms with Crippen LogP contribution in [0.25, 0.3) is 0 Å². The average Bonchev–Trinajstić information content (AvgIpc) is 2.88. The van der Waals surface area contributed by atoms with Crippen molar-refractivity contribution in [3.8, 4) is 0 Å². The molecule has 1 aliphatic carbocycles. The molecule has 1 heterocycles. The molecule has 0 radical (unpaired) electrons. The first-order valence-corrected chi connectivity index (χ1v) is 5.28. The highest BCUT2D eigenvalue weighted by Crippen LogP contribution is 2.34. The van der Waals surface area contributed by atoms with Crippen molar-refractivity contribution < 1.29 is 0 Å². The Kier molecular flexibility index (Phi) is 2.37. The van der Waals surface area contributed by atoms with Gasteiger partial charge in [0.05, 0.1) is 0 Å². The van der Waals surface area contributed by atoms with Gasteiger partial charge in [0.25, 0.3) is 0 Å². The predicted octanol–water partition coefficient (Wildman–Crippen LogP) is 1.21. The van der Waals surface area contributed by atoms with Crippen molar-refractivity contribution in [3.05, 3.63) is 0 Å². The standard InChI is InChI=1S/C10H20N2/c1-8-9(7-11)3-2-6-12(8)10-4-5-10/h8-10H,2-7,11H2,1H3. The largest absolute Gasteiger partial charge is 0.330 e. The topological polar surface area (TPSA) is 29.3 Å². The Morgan fingerprint density at radius 2 is 2.08 bits per heavy atom. The maximum absolute atomic E-state index is 5.75. The molecule has 1 saturated heterocycles. The number of nitrogens with zero attached hydrogens (tertiary/aromatic N) is 1. The molecule has 2 unspecified atom stereocenters. The zero-order valence-electron chi connectivity index (χ0n) is 8.00. The first kappa shape index (κ1) is 8.52. The van der Waals surface area contributed by atoms with E-state index in [9.17, 15) is 0 Å². The van der Waals surface area contributed by atoms with E-state index in [4.69, 9.17) is 5.73 Å². The third-order valence-electron chi connectivity index (χ3n) is 3.52. The van der Waals surface area contributed by atoms with Gasteiger partial charge in [0.2, 0.25) is 0 Å². The molecule has 2 fully saturated rings. The van der Waals surface area contributed by atoms with Crippen LogP contribution in [0.5, 0.6) is 0 Å². The predicted molar refractivity (Wildman–Crippen MR) is 51.0 cm³/mol. The van der Waals surface area contributed by atoms with Crippen LogP contribution < -0.4 is 5.73 Å². The first-order chi connectivity index (χ1) is 5.83. The zero-order valence-corrected chi connectivity index (χ0v) is 8.00. The third kappa shape index (κ3) is 1.50. The molecule has 2 aliphatic rings. The lowest BCUT2D eigenvalue weighted by molar-refractivity contribution is 0.101. The van der Waals surface area contributed by atoms with Crippen LogP contribution in [0.4, 0.5) is 0 Å². The van der Waals surface area contributed by atoms with Gasteiger partial charge in [0.1, 0.15) is 0 Å². The normalized spacial score (nSPS) is 38.5. The molecule has 1 aliphatic heterocycles. The molecule has 2 heteroatoms. The van der Waals surface area contributed by atoms with Crippen LogP contribution in [0.2, 0.25) is 0 Å². The summed E-state index contributed by atoms with van der Waals surface area (Å²) in [5.41, 5.74) is 5.75. The van der Waals surface area contributed by atoms with Gasteiger partial charge >= 0.3 is 0 Å². The lowest BCUT2D eigenvalue weighted by Gasteiger charge is -2.39. The number of hydrogen-bond acceptors (Lipinski definition) is 2. The minimum Gasteiger partial charge on any atom is -0.330 e. The lowest BCUT2D eigenvalue weighted by Crippen LogP contribution is -2.46. The maximum Gasteiger partial charge on any atom is 0.0110 e. The molecule has 2 nitrogen and oxygen atoms in total. The van der Waals surface area contributed by atoms with E-state index in [-0.39, 0.29) is 0 Å². The van der Waals surface area contributed by atoms with Gasteiger partial charge in [0, 0.05) is 12.1 Å². The Hall–Kier alpha value is -0.0800. The minimum absolute atomic E-state index is 0.747. The summed E-state index contributed by atoms with van der Waals surface area (Å²) in [6, 6.07) is 1.67. The summed E-state index contributed by atoms with van der Waals surface area (Å²) in [5.74, 6) is 0.763. The molecule has 0 aromatic heterocycles. The molecule has 70 valence electrons. The van der Waals surface area contributed by atoms with Gasteiger partial charge in [-0.05, 0) is 51.6 Å². The Morgan fingerprint density at radius 3 is 2.67 bits per heavy atom. The highest BCUT2D eigenvalue weighted by atomic mass is 15.2. The molecule has 2 rings (SSSR count). The fourth-order valence-corrected chi connectivity index (χ4v) is 2.49. The lowest BCUT2D eigenvalue weighted by atomic mass is 9.90. The summed E-state index contributed by atoms with van der Waals surface area (Å²) in [7, 11) is 0. The minimum atomic E-state index is 0.747. The van der Waals surface area contributed by atoms with Crippen LogP contribution in [0.15, 0.2) is 0 Å². The van der Waals surface area contributed by atoms with Gasteiger partial charge in [-0.3, -0.25) is 4.90 Å². The monoisotopic (exact) mass is 168 g/mol. The molecule has 2 atom stereocenters. The molecule has 0 spiro atoms. The molecule has 12 heavy (non-hydrogen) atoms. The highest BCUT2D eigenvalue weighted by Gasteiger charge is 2.36. The Labute approximate surface area is 75.1 Å². The molecular formula is C10H20N2. The average molecular weight is 168 g/mol. The fraction of sp³-hybridized carbons (Fsp3) is 1.00. The van der Waals surface area contributed by atoms with Gasteiger partial charge in [-0.15, -0.1) is 0 Å². The number of rotatable bonds is 2. The summed E-state index contributed by atoms with van der Waals surface area (Å²) in [5, 5.41) is 0. The number of piperidine rings is 1. The van der Waals surface area contributed by atoms with Crippen molar-refractivity contribution in [3.63, 3.8) is 0 Å². The van der Waals surface area contributed by atoms with Crippen molar-refractivity contribution in [2.45, 2.75) is 44.7 Å². The molecule has 1 saturated carbocycles. The van der Waals surface area contributed by atoms with Crippen molar-refractivity contribution in [1.29, 1.82) is 0 Å². The maximum atomic E-state index is 5.75.